The van der Waals surface area contributed by atoms with Crippen molar-refractivity contribution in [1.29, 1.82) is 0 Å². The first-order valence-corrected chi connectivity index (χ1v) is 11.3. The van der Waals surface area contributed by atoms with Crippen LogP contribution in [0.25, 0.3) is 0 Å². The summed E-state index contributed by atoms with van der Waals surface area (Å²) in [5.41, 5.74) is 3.64. The summed E-state index contributed by atoms with van der Waals surface area (Å²) in [5.74, 6) is 4.09. The van der Waals surface area contributed by atoms with E-state index in [2.05, 4.69) is 36.4 Å². The van der Waals surface area contributed by atoms with Crippen LogP contribution >= 0.6 is 0 Å². The molecule has 174 valence electrons. The van der Waals surface area contributed by atoms with E-state index in [1.54, 1.807) is 14.2 Å². The molecule has 4 rings (SSSR count). The molecule has 0 spiro atoms. The van der Waals surface area contributed by atoms with E-state index in [1.807, 2.05) is 31.2 Å². The third kappa shape index (κ3) is 5.71. The molecule has 3 aromatic carbocycles. The molecule has 1 atom stereocenters. The maximum atomic E-state index is 5.89. The van der Waals surface area contributed by atoms with Gasteiger partial charge < -0.3 is 28.6 Å². The number of fused-ring (bicyclic) bond motifs is 1. The molecule has 0 aliphatic carbocycles. The van der Waals surface area contributed by atoms with Crippen LogP contribution in [0, 0.1) is 0 Å². The zero-order valence-electron chi connectivity index (χ0n) is 19.6. The number of nitrogens with one attached hydrogen (secondary N) is 1. The van der Waals surface area contributed by atoms with Gasteiger partial charge in [-0.05, 0) is 55.0 Å². The largest absolute Gasteiger partial charge is 0.493 e. The van der Waals surface area contributed by atoms with E-state index in [9.17, 15) is 0 Å². The van der Waals surface area contributed by atoms with Gasteiger partial charge >= 0.3 is 0 Å². The van der Waals surface area contributed by atoms with Crippen LogP contribution in [0.15, 0.2) is 60.7 Å². The molecular formula is C27H32NO5+. The van der Waals surface area contributed by atoms with Crippen molar-refractivity contribution in [2.75, 3.05) is 34.2 Å². The number of hydrogen-bond donors (Lipinski definition) is 1. The van der Waals surface area contributed by atoms with Crippen molar-refractivity contribution in [1.82, 2.24) is 0 Å². The summed E-state index contributed by atoms with van der Waals surface area (Å²) in [5, 5.41) is 0. The highest BCUT2D eigenvalue weighted by Gasteiger charge is 2.18. The Morgan fingerprint density at radius 3 is 2.39 bits per heavy atom. The quantitative estimate of drug-likeness (QED) is 0.483. The van der Waals surface area contributed by atoms with Crippen molar-refractivity contribution >= 4 is 0 Å². The number of quaternary nitrogens is 1. The lowest BCUT2D eigenvalue weighted by atomic mass is 10.1. The molecule has 0 bridgehead atoms. The highest BCUT2D eigenvalue weighted by atomic mass is 16.7. The topological polar surface area (TPSA) is 50.6 Å². The minimum atomic E-state index is 0.295. The highest BCUT2D eigenvalue weighted by molar-refractivity contribution is 5.44. The van der Waals surface area contributed by atoms with Crippen LogP contribution in [0.3, 0.4) is 0 Å². The number of benzene rings is 3. The Labute approximate surface area is 195 Å². The first-order chi connectivity index (χ1) is 16.2. The average Bonchev–Trinajstić information content (AvgIpc) is 3.32. The van der Waals surface area contributed by atoms with Gasteiger partial charge in [-0.2, -0.15) is 0 Å². The SMILES string of the molecule is CCOc1ccccc1C[NH+](CCc1ccc2c(c1)OCO2)Cc1ccc(OC)c(OC)c1. The normalized spacial score (nSPS) is 12.9. The fourth-order valence-corrected chi connectivity index (χ4v) is 4.15. The van der Waals surface area contributed by atoms with E-state index in [-0.39, 0.29) is 0 Å². The molecule has 6 heteroatoms. The molecular weight excluding hydrogens is 418 g/mol. The van der Waals surface area contributed by atoms with E-state index >= 15 is 0 Å². The number of ether oxygens (including phenoxy) is 5. The molecule has 1 aliphatic rings. The maximum Gasteiger partial charge on any atom is 0.231 e. The van der Waals surface area contributed by atoms with Gasteiger partial charge in [0, 0.05) is 17.5 Å². The molecule has 3 aromatic rings. The Hall–Kier alpha value is -3.38. The van der Waals surface area contributed by atoms with E-state index < -0.39 is 0 Å². The second kappa shape index (κ2) is 11.0. The lowest BCUT2D eigenvalue weighted by Crippen LogP contribution is -3.09. The summed E-state index contributed by atoms with van der Waals surface area (Å²) in [7, 11) is 3.33. The molecule has 0 saturated carbocycles. The smallest absolute Gasteiger partial charge is 0.231 e. The first kappa shape index (κ1) is 22.8. The van der Waals surface area contributed by atoms with Crippen LogP contribution in [0.1, 0.15) is 23.6 Å². The summed E-state index contributed by atoms with van der Waals surface area (Å²) >= 11 is 0. The summed E-state index contributed by atoms with van der Waals surface area (Å²) in [6.45, 7) is 5.63. The van der Waals surface area contributed by atoms with Gasteiger partial charge in [0.15, 0.2) is 23.0 Å². The third-order valence-corrected chi connectivity index (χ3v) is 5.82. The molecule has 0 aromatic heterocycles. The standard InChI is InChI=1S/C27H31NO5/c1-4-31-23-8-6-5-7-22(23)18-28(17-21-10-11-24(29-2)26(16-21)30-3)14-13-20-9-12-25-27(15-20)33-19-32-25/h5-12,15-16H,4,13-14,17-19H2,1-3H3/p+1. The minimum absolute atomic E-state index is 0.295. The van der Waals surface area contributed by atoms with Gasteiger partial charge in [0.05, 0.1) is 27.4 Å². The second-order valence-electron chi connectivity index (χ2n) is 8.02. The Kier molecular flexibility index (Phi) is 7.58. The van der Waals surface area contributed by atoms with Crippen LogP contribution in [0.2, 0.25) is 0 Å². The van der Waals surface area contributed by atoms with Crippen LogP contribution in [-0.4, -0.2) is 34.2 Å². The van der Waals surface area contributed by atoms with Crippen molar-refractivity contribution in [3.63, 3.8) is 0 Å². The van der Waals surface area contributed by atoms with Gasteiger partial charge in [0.2, 0.25) is 6.79 Å². The number of hydrogen-bond acceptors (Lipinski definition) is 5. The maximum absolute atomic E-state index is 5.89. The van der Waals surface area contributed by atoms with Gasteiger partial charge in [-0.3, -0.25) is 0 Å². The molecule has 1 N–H and O–H groups in total. The molecule has 6 nitrogen and oxygen atoms in total. The lowest BCUT2D eigenvalue weighted by molar-refractivity contribution is -0.927. The van der Waals surface area contributed by atoms with Crippen LogP contribution in [0.5, 0.6) is 28.7 Å². The molecule has 1 heterocycles. The van der Waals surface area contributed by atoms with Gasteiger partial charge in [0.1, 0.15) is 18.8 Å². The van der Waals surface area contributed by atoms with Gasteiger partial charge in [-0.15, -0.1) is 0 Å². The van der Waals surface area contributed by atoms with Gasteiger partial charge in [-0.25, -0.2) is 0 Å². The Bertz CT molecular complexity index is 1070. The van der Waals surface area contributed by atoms with E-state index in [0.29, 0.717) is 13.4 Å². The Morgan fingerprint density at radius 1 is 0.788 bits per heavy atom. The summed E-state index contributed by atoms with van der Waals surface area (Å²) in [6, 6.07) is 20.6. The first-order valence-electron chi connectivity index (χ1n) is 11.3. The molecule has 0 saturated heterocycles. The predicted molar refractivity (Wildman–Crippen MR) is 127 cm³/mol. The number of methoxy groups -OCH3 is 2. The molecule has 1 aliphatic heterocycles. The summed E-state index contributed by atoms with van der Waals surface area (Å²) in [4.78, 5) is 1.42. The Balaban J connectivity index is 1.54. The summed E-state index contributed by atoms with van der Waals surface area (Å²) in [6.07, 6.45) is 0.927. The molecule has 0 amide bonds. The monoisotopic (exact) mass is 450 g/mol. The van der Waals surface area contributed by atoms with Gasteiger partial charge in [-0.1, -0.05) is 18.2 Å². The number of rotatable bonds is 11. The molecule has 0 radical (unpaired) electrons. The molecule has 33 heavy (non-hydrogen) atoms. The van der Waals surface area contributed by atoms with Crippen LogP contribution in [0.4, 0.5) is 0 Å². The minimum Gasteiger partial charge on any atom is -0.493 e. The fourth-order valence-electron chi connectivity index (χ4n) is 4.15. The van der Waals surface area contributed by atoms with Crippen LogP contribution < -0.4 is 28.6 Å². The van der Waals surface area contributed by atoms with Crippen molar-refractivity contribution < 1.29 is 28.6 Å². The van der Waals surface area contributed by atoms with Crippen molar-refractivity contribution in [3.05, 3.63) is 77.4 Å². The zero-order chi connectivity index (χ0) is 23.0. The van der Waals surface area contributed by atoms with Crippen molar-refractivity contribution in [3.8, 4) is 28.7 Å². The van der Waals surface area contributed by atoms with Crippen molar-refractivity contribution in [2.45, 2.75) is 26.4 Å². The van der Waals surface area contributed by atoms with E-state index in [4.69, 9.17) is 23.7 Å². The third-order valence-electron chi connectivity index (χ3n) is 5.82. The lowest BCUT2D eigenvalue weighted by Gasteiger charge is -2.22. The van der Waals surface area contributed by atoms with Gasteiger partial charge in [0.25, 0.3) is 0 Å². The zero-order valence-corrected chi connectivity index (χ0v) is 19.6. The Morgan fingerprint density at radius 2 is 1.58 bits per heavy atom. The van der Waals surface area contributed by atoms with E-state index in [0.717, 1.165) is 54.8 Å². The summed E-state index contributed by atoms with van der Waals surface area (Å²) < 4.78 is 27.8. The predicted octanol–water partition coefficient (Wildman–Crippen LogP) is 3.66. The average molecular weight is 451 g/mol. The number of para-hydroxylation sites is 1. The van der Waals surface area contributed by atoms with Crippen molar-refractivity contribution in [2.24, 2.45) is 0 Å². The van der Waals surface area contributed by atoms with E-state index in [1.165, 1.54) is 21.6 Å². The van der Waals surface area contributed by atoms with Crippen LogP contribution in [-0.2, 0) is 19.5 Å². The molecule has 1 unspecified atom stereocenters. The highest BCUT2D eigenvalue weighted by Crippen LogP contribution is 2.32. The fraction of sp³-hybridized carbons (Fsp3) is 0.333. The molecule has 0 fully saturated rings. The second-order valence-corrected chi connectivity index (χ2v) is 8.02.